The van der Waals surface area contributed by atoms with E-state index in [1.165, 1.54) is 12.1 Å². The Morgan fingerprint density at radius 3 is 2.78 bits per heavy atom. The fourth-order valence-electron chi connectivity index (χ4n) is 2.45. The molecule has 1 aliphatic rings. The van der Waals surface area contributed by atoms with Gasteiger partial charge in [-0.1, -0.05) is 32.4 Å². The first kappa shape index (κ1) is 17.2. The Hall–Kier alpha value is -2.18. The van der Waals surface area contributed by atoms with Gasteiger partial charge in [0.25, 0.3) is 5.91 Å². The maximum Gasteiger partial charge on any atom is 0.387 e. The molecule has 23 heavy (non-hydrogen) atoms. The molecule has 0 saturated carbocycles. The molecule has 1 saturated heterocycles. The molecule has 1 aromatic carbocycles. The highest BCUT2D eigenvalue weighted by molar-refractivity contribution is 5.94. The summed E-state index contributed by atoms with van der Waals surface area (Å²) in [6.07, 6.45) is -0.00531. The first-order chi connectivity index (χ1) is 10.9. The number of halogens is 2. The van der Waals surface area contributed by atoms with Gasteiger partial charge in [0.1, 0.15) is 11.7 Å². The van der Waals surface area contributed by atoms with Crippen LogP contribution in [0.3, 0.4) is 0 Å². The molecular weight excluding hydrogens is 308 g/mol. The minimum Gasteiger partial charge on any atom is -0.451 e. The van der Waals surface area contributed by atoms with E-state index in [1.807, 2.05) is 13.8 Å². The van der Waals surface area contributed by atoms with E-state index in [2.05, 4.69) is 10.1 Å². The van der Waals surface area contributed by atoms with Crippen molar-refractivity contribution >= 4 is 11.9 Å². The van der Waals surface area contributed by atoms with Crippen LogP contribution in [0.25, 0.3) is 0 Å². The second-order valence-corrected chi connectivity index (χ2v) is 5.51. The van der Waals surface area contributed by atoms with Crippen molar-refractivity contribution in [1.82, 2.24) is 5.32 Å². The lowest BCUT2D eigenvalue weighted by molar-refractivity contribution is -0.193. The predicted molar refractivity (Wildman–Crippen MR) is 77.7 cm³/mol. The molecule has 1 heterocycles. The fourth-order valence-corrected chi connectivity index (χ4v) is 2.45. The lowest BCUT2D eigenvalue weighted by Gasteiger charge is -2.37. The topological polar surface area (TPSA) is 64.6 Å². The number of esters is 1. The third-order valence-corrected chi connectivity index (χ3v) is 3.95. The molecule has 0 aliphatic carbocycles. The molecule has 1 aromatic rings. The largest absolute Gasteiger partial charge is 0.451 e. The zero-order valence-electron chi connectivity index (χ0n) is 12.9. The summed E-state index contributed by atoms with van der Waals surface area (Å²) in [6.45, 7) is 1.09. The Bertz CT molecular complexity index is 579. The normalized spacial score (nSPS) is 21.3. The van der Waals surface area contributed by atoms with E-state index >= 15 is 0 Å². The molecule has 2 rings (SSSR count). The average Bonchev–Trinajstić information content (AvgIpc) is 2.49. The van der Waals surface area contributed by atoms with E-state index in [4.69, 9.17) is 4.74 Å². The van der Waals surface area contributed by atoms with Crippen LogP contribution >= 0.6 is 0 Å². The van der Waals surface area contributed by atoms with Gasteiger partial charge in [-0.2, -0.15) is 8.78 Å². The van der Waals surface area contributed by atoms with Crippen LogP contribution in [0.4, 0.5) is 8.78 Å². The summed E-state index contributed by atoms with van der Waals surface area (Å²) < 4.78 is 33.6. The van der Waals surface area contributed by atoms with Crippen molar-refractivity contribution < 1.29 is 27.8 Å². The fraction of sp³-hybridized carbons (Fsp3) is 0.500. The standard InChI is InChI=1S/C16H19F2NO4/c1-3-9(2)12-13(23-15(12)21)14(20)19-8-10-5-4-6-11(7-10)22-16(17)18/h4-7,9,12-13,16H,3,8H2,1-2H3,(H,19,20)/t9-,12-,13+/m0/s1. The number of carbonyl (C=O) groups is 2. The maximum absolute atomic E-state index is 12.2. The van der Waals surface area contributed by atoms with Crippen LogP contribution in [0.15, 0.2) is 24.3 Å². The van der Waals surface area contributed by atoms with Crippen LogP contribution in [-0.4, -0.2) is 24.6 Å². The second kappa shape index (κ2) is 7.39. The van der Waals surface area contributed by atoms with E-state index in [1.54, 1.807) is 12.1 Å². The number of hydrogen-bond acceptors (Lipinski definition) is 4. The van der Waals surface area contributed by atoms with Crippen LogP contribution < -0.4 is 10.1 Å². The van der Waals surface area contributed by atoms with E-state index in [9.17, 15) is 18.4 Å². The number of carbonyl (C=O) groups excluding carboxylic acids is 2. The van der Waals surface area contributed by atoms with E-state index < -0.39 is 18.6 Å². The average molecular weight is 327 g/mol. The van der Waals surface area contributed by atoms with Gasteiger partial charge in [0.15, 0.2) is 6.10 Å². The number of alkyl halides is 2. The van der Waals surface area contributed by atoms with Gasteiger partial charge in [-0.05, 0) is 23.6 Å². The van der Waals surface area contributed by atoms with Crippen LogP contribution in [0, 0.1) is 11.8 Å². The number of nitrogens with one attached hydrogen (secondary N) is 1. The van der Waals surface area contributed by atoms with Crippen molar-refractivity contribution in [3.63, 3.8) is 0 Å². The highest BCUT2D eigenvalue weighted by Crippen LogP contribution is 2.31. The summed E-state index contributed by atoms with van der Waals surface area (Å²) in [5.74, 6) is -1.07. The molecule has 1 amide bonds. The van der Waals surface area contributed by atoms with Gasteiger partial charge >= 0.3 is 12.6 Å². The van der Waals surface area contributed by atoms with Gasteiger partial charge < -0.3 is 14.8 Å². The molecule has 1 fully saturated rings. The summed E-state index contributed by atoms with van der Waals surface area (Å²) in [4.78, 5) is 23.6. The van der Waals surface area contributed by atoms with Crippen molar-refractivity contribution in [1.29, 1.82) is 0 Å². The molecule has 5 nitrogen and oxygen atoms in total. The highest BCUT2D eigenvalue weighted by Gasteiger charge is 2.49. The summed E-state index contributed by atoms with van der Waals surface area (Å²) >= 11 is 0. The van der Waals surface area contributed by atoms with Crippen LogP contribution in [0.2, 0.25) is 0 Å². The van der Waals surface area contributed by atoms with Gasteiger partial charge in [-0.3, -0.25) is 9.59 Å². The lowest BCUT2D eigenvalue weighted by atomic mass is 9.83. The SMILES string of the molecule is CC[C@H](C)[C@@H]1C(=O)O[C@H]1C(=O)NCc1cccc(OC(F)F)c1. The number of cyclic esters (lactones) is 1. The molecule has 0 radical (unpaired) electrons. The zero-order chi connectivity index (χ0) is 17.0. The molecule has 1 aliphatic heterocycles. The minimum absolute atomic E-state index is 0.0271. The number of rotatable bonds is 7. The second-order valence-electron chi connectivity index (χ2n) is 5.51. The van der Waals surface area contributed by atoms with Gasteiger partial charge in [0.05, 0.1) is 0 Å². The Balaban J connectivity index is 1.91. The quantitative estimate of drug-likeness (QED) is 0.782. The molecule has 126 valence electrons. The van der Waals surface area contributed by atoms with E-state index in [0.29, 0.717) is 5.56 Å². The molecule has 0 bridgehead atoms. The summed E-state index contributed by atoms with van der Waals surface area (Å²) in [5, 5.41) is 2.65. The number of ether oxygens (including phenoxy) is 2. The van der Waals surface area contributed by atoms with Gasteiger partial charge in [-0.25, -0.2) is 0 Å². The minimum atomic E-state index is -2.90. The van der Waals surface area contributed by atoms with Crippen LogP contribution in [0.5, 0.6) is 5.75 Å². The first-order valence-corrected chi connectivity index (χ1v) is 7.44. The number of amides is 1. The maximum atomic E-state index is 12.2. The molecule has 0 aromatic heterocycles. The number of hydrogen-bond donors (Lipinski definition) is 1. The Kier molecular flexibility index (Phi) is 5.52. The monoisotopic (exact) mass is 327 g/mol. The third-order valence-electron chi connectivity index (χ3n) is 3.95. The lowest BCUT2D eigenvalue weighted by Crippen LogP contribution is -2.56. The molecule has 7 heteroatoms. The Labute approximate surface area is 133 Å². The zero-order valence-corrected chi connectivity index (χ0v) is 12.9. The molecular formula is C16H19F2NO4. The molecule has 3 atom stereocenters. The summed E-state index contributed by atoms with van der Waals surface area (Å²) in [7, 11) is 0. The van der Waals surface area contributed by atoms with E-state index in [-0.39, 0.29) is 30.1 Å². The van der Waals surface area contributed by atoms with Crippen molar-refractivity contribution in [3.05, 3.63) is 29.8 Å². The van der Waals surface area contributed by atoms with Crippen molar-refractivity contribution in [2.75, 3.05) is 0 Å². The summed E-state index contributed by atoms with van der Waals surface area (Å²) in [5.41, 5.74) is 0.613. The molecule has 0 spiro atoms. The first-order valence-electron chi connectivity index (χ1n) is 7.44. The summed E-state index contributed by atoms with van der Waals surface area (Å²) in [6, 6.07) is 6.07. The van der Waals surface area contributed by atoms with Crippen molar-refractivity contribution in [2.45, 2.75) is 39.5 Å². The highest BCUT2D eigenvalue weighted by atomic mass is 19.3. The van der Waals surface area contributed by atoms with Gasteiger partial charge in [-0.15, -0.1) is 0 Å². The van der Waals surface area contributed by atoms with Crippen LogP contribution in [-0.2, 0) is 20.9 Å². The molecule has 0 unspecified atom stereocenters. The van der Waals surface area contributed by atoms with Crippen LogP contribution in [0.1, 0.15) is 25.8 Å². The Morgan fingerprint density at radius 1 is 1.43 bits per heavy atom. The Morgan fingerprint density at radius 2 is 2.17 bits per heavy atom. The van der Waals surface area contributed by atoms with Gasteiger partial charge in [0, 0.05) is 6.54 Å². The molecule has 1 N–H and O–H groups in total. The smallest absolute Gasteiger partial charge is 0.387 e. The van der Waals surface area contributed by atoms with Gasteiger partial charge in [0.2, 0.25) is 0 Å². The predicted octanol–water partition coefficient (Wildman–Crippen LogP) is 2.49. The van der Waals surface area contributed by atoms with E-state index in [0.717, 1.165) is 6.42 Å². The van der Waals surface area contributed by atoms with Crippen molar-refractivity contribution in [3.8, 4) is 5.75 Å². The number of benzene rings is 1. The van der Waals surface area contributed by atoms with Crippen molar-refractivity contribution in [2.24, 2.45) is 11.8 Å². The third kappa shape index (κ3) is 4.18.